The maximum Gasteiger partial charge on any atom is 0.338 e. The van der Waals surface area contributed by atoms with Gasteiger partial charge in [-0.25, -0.2) is 13.2 Å². The van der Waals surface area contributed by atoms with Crippen LogP contribution in [0.5, 0.6) is 5.75 Å². The Hall–Kier alpha value is -2.58. The first kappa shape index (κ1) is 20.7. The number of amides is 1. The van der Waals surface area contributed by atoms with E-state index >= 15 is 0 Å². The number of ether oxygens (including phenoxy) is 2. The summed E-state index contributed by atoms with van der Waals surface area (Å²) in [6.07, 6.45) is 1.13. The minimum atomic E-state index is -3.16. The summed E-state index contributed by atoms with van der Waals surface area (Å²) >= 11 is 5.97. The first-order chi connectivity index (χ1) is 12.7. The van der Waals surface area contributed by atoms with Gasteiger partial charge in [-0.05, 0) is 35.9 Å². The van der Waals surface area contributed by atoms with Crippen molar-refractivity contribution in [2.24, 2.45) is 0 Å². The van der Waals surface area contributed by atoms with Crippen LogP contribution in [-0.4, -0.2) is 40.3 Å². The normalized spacial score (nSPS) is 10.9. The van der Waals surface area contributed by atoms with Gasteiger partial charge in [-0.15, -0.1) is 0 Å². The maximum absolute atomic E-state index is 12.0. The molecule has 0 spiro atoms. The van der Waals surface area contributed by atoms with Crippen molar-refractivity contribution in [2.45, 2.75) is 5.75 Å². The number of esters is 1. The van der Waals surface area contributed by atoms with Gasteiger partial charge in [0.15, 0.2) is 16.4 Å². The minimum absolute atomic E-state index is 0.116. The largest absolute Gasteiger partial charge is 0.495 e. The Bertz CT molecular complexity index is 941. The molecule has 0 aliphatic carbocycles. The molecule has 0 aliphatic heterocycles. The van der Waals surface area contributed by atoms with E-state index in [4.69, 9.17) is 21.1 Å². The molecular weight excluding hydrogens is 394 g/mol. The van der Waals surface area contributed by atoms with Crippen molar-refractivity contribution in [1.29, 1.82) is 0 Å². The number of benzene rings is 2. The lowest BCUT2D eigenvalue weighted by Gasteiger charge is -2.09. The Balaban J connectivity index is 1.89. The molecular formula is C18H18ClNO6S. The maximum atomic E-state index is 12.0. The van der Waals surface area contributed by atoms with Crippen LogP contribution >= 0.6 is 11.6 Å². The molecule has 2 aromatic carbocycles. The van der Waals surface area contributed by atoms with Crippen molar-refractivity contribution >= 4 is 39.0 Å². The summed E-state index contributed by atoms with van der Waals surface area (Å²) < 4.78 is 32.5. The standard InChI is InChI=1S/C18H18ClNO6S/c1-25-16-8-7-14(9-15(16)19)20-17(21)10-26-18(22)13-5-3-12(4-6-13)11-27(2,23)24/h3-9H,10-11H2,1-2H3,(H,20,21). The molecule has 7 nitrogen and oxygen atoms in total. The third-order valence-corrected chi connectivity index (χ3v) is 4.54. The lowest BCUT2D eigenvalue weighted by molar-refractivity contribution is -0.119. The van der Waals surface area contributed by atoms with Gasteiger partial charge in [0.2, 0.25) is 0 Å². The molecule has 2 aromatic rings. The molecule has 27 heavy (non-hydrogen) atoms. The molecule has 144 valence electrons. The Morgan fingerprint density at radius 2 is 1.78 bits per heavy atom. The summed E-state index contributed by atoms with van der Waals surface area (Å²) in [6, 6.07) is 10.7. The van der Waals surface area contributed by atoms with Crippen molar-refractivity contribution < 1.29 is 27.5 Å². The predicted octanol–water partition coefficient (Wildman–Crippen LogP) is 2.69. The van der Waals surface area contributed by atoms with E-state index in [1.807, 2.05) is 0 Å². The van der Waals surface area contributed by atoms with Gasteiger partial charge in [0.1, 0.15) is 5.75 Å². The number of nitrogens with one attached hydrogen (secondary N) is 1. The van der Waals surface area contributed by atoms with Gasteiger partial charge in [-0.2, -0.15) is 0 Å². The molecule has 9 heteroatoms. The SMILES string of the molecule is COc1ccc(NC(=O)COC(=O)c2ccc(CS(C)(=O)=O)cc2)cc1Cl. The Kier molecular flexibility index (Phi) is 6.81. The highest BCUT2D eigenvalue weighted by Crippen LogP contribution is 2.27. The smallest absolute Gasteiger partial charge is 0.338 e. The van der Waals surface area contributed by atoms with Crippen LogP contribution < -0.4 is 10.1 Å². The van der Waals surface area contributed by atoms with Crippen LogP contribution in [0.15, 0.2) is 42.5 Å². The number of halogens is 1. The third-order valence-electron chi connectivity index (χ3n) is 3.39. The van der Waals surface area contributed by atoms with Gasteiger partial charge < -0.3 is 14.8 Å². The summed E-state index contributed by atoms with van der Waals surface area (Å²) in [6.45, 7) is -0.479. The number of carbonyl (C=O) groups excluding carboxylic acids is 2. The van der Waals surface area contributed by atoms with E-state index in [9.17, 15) is 18.0 Å². The van der Waals surface area contributed by atoms with Crippen LogP contribution in [0.4, 0.5) is 5.69 Å². The first-order valence-electron chi connectivity index (χ1n) is 7.75. The molecule has 0 heterocycles. The fourth-order valence-corrected chi connectivity index (χ4v) is 3.25. The van der Waals surface area contributed by atoms with Crippen molar-refractivity contribution in [1.82, 2.24) is 0 Å². The van der Waals surface area contributed by atoms with Crippen LogP contribution in [-0.2, 0) is 25.1 Å². The number of carbonyl (C=O) groups is 2. The van der Waals surface area contributed by atoms with E-state index in [0.717, 1.165) is 6.26 Å². The molecule has 1 N–H and O–H groups in total. The number of methoxy groups -OCH3 is 1. The third kappa shape index (κ3) is 6.58. The molecule has 0 saturated carbocycles. The Morgan fingerprint density at radius 3 is 2.33 bits per heavy atom. The van der Waals surface area contributed by atoms with Crippen LogP contribution in [0.3, 0.4) is 0 Å². The second-order valence-electron chi connectivity index (χ2n) is 5.74. The van der Waals surface area contributed by atoms with Crippen molar-refractivity contribution in [3.8, 4) is 5.75 Å². The Labute approximate surface area is 162 Å². The molecule has 0 aromatic heterocycles. The predicted molar refractivity (Wildman–Crippen MR) is 102 cm³/mol. The van der Waals surface area contributed by atoms with E-state index in [0.29, 0.717) is 22.0 Å². The van der Waals surface area contributed by atoms with Crippen molar-refractivity contribution in [2.75, 3.05) is 25.3 Å². The van der Waals surface area contributed by atoms with Crippen LogP contribution in [0.25, 0.3) is 0 Å². The summed E-state index contributed by atoms with van der Waals surface area (Å²) in [5.74, 6) is -0.864. The molecule has 2 rings (SSSR count). The zero-order valence-electron chi connectivity index (χ0n) is 14.7. The number of hydrogen-bond donors (Lipinski definition) is 1. The van der Waals surface area contributed by atoms with Crippen molar-refractivity contribution in [3.63, 3.8) is 0 Å². The van der Waals surface area contributed by atoms with Crippen LogP contribution in [0.1, 0.15) is 15.9 Å². The summed E-state index contributed by atoms with van der Waals surface area (Å²) in [5, 5.41) is 2.89. The molecule has 0 radical (unpaired) electrons. The zero-order chi connectivity index (χ0) is 20.0. The van der Waals surface area contributed by atoms with E-state index in [1.165, 1.54) is 37.4 Å². The molecule has 0 saturated heterocycles. The lowest BCUT2D eigenvalue weighted by Crippen LogP contribution is -2.21. The highest BCUT2D eigenvalue weighted by atomic mass is 35.5. The number of rotatable bonds is 7. The monoisotopic (exact) mass is 411 g/mol. The second kappa shape index (κ2) is 8.88. The quantitative estimate of drug-likeness (QED) is 0.703. The molecule has 0 bridgehead atoms. The number of anilines is 1. The second-order valence-corrected chi connectivity index (χ2v) is 8.29. The highest BCUT2D eigenvalue weighted by molar-refractivity contribution is 7.89. The number of hydrogen-bond acceptors (Lipinski definition) is 6. The van der Waals surface area contributed by atoms with Crippen molar-refractivity contribution in [3.05, 3.63) is 58.6 Å². The van der Waals surface area contributed by atoms with Gasteiger partial charge >= 0.3 is 5.97 Å². The first-order valence-corrected chi connectivity index (χ1v) is 10.2. The molecule has 0 unspecified atom stereocenters. The molecule has 0 aliphatic rings. The average molecular weight is 412 g/mol. The van der Waals surface area contributed by atoms with Crippen LogP contribution in [0, 0.1) is 0 Å². The lowest BCUT2D eigenvalue weighted by atomic mass is 10.1. The molecule has 0 fully saturated rings. The van der Waals surface area contributed by atoms with E-state index in [2.05, 4.69) is 5.32 Å². The summed E-state index contributed by atoms with van der Waals surface area (Å²) in [7, 11) is -1.68. The van der Waals surface area contributed by atoms with Gasteiger partial charge in [0.25, 0.3) is 5.91 Å². The van der Waals surface area contributed by atoms with Gasteiger partial charge in [-0.1, -0.05) is 23.7 Å². The fraction of sp³-hybridized carbons (Fsp3) is 0.222. The highest BCUT2D eigenvalue weighted by Gasteiger charge is 2.12. The number of sulfone groups is 1. The van der Waals surface area contributed by atoms with Gasteiger partial charge in [-0.3, -0.25) is 4.79 Å². The summed E-state index contributed by atoms with van der Waals surface area (Å²) in [4.78, 5) is 23.9. The van der Waals surface area contributed by atoms with E-state index in [-0.39, 0.29) is 11.3 Å². The van der Waals surface area contributed by atoms with E-state index < -0.39 is 28.3 Å². The summed E-state index contributed by atoms with van der Waals surface area (Å²) in [5.41, 5.74) is 1.21. The fourth-order valence-electron chi connectivity index (χ4n) is 2.20. The van der Waals surface area contributed by atoms with Crippen LogP contribution in [0.2, 0.25) is 5.02 Å². The minimum Gasteiger partial charge on any atom is -0.495 e. The van der Waals surface area contributed by atoms with Gasteiger partial charge in [0, 0.05) is 11.9 Å². The van der Waals surface area contributed by atoms with E-state index in [1.54, 1.807) is 12.1 Å². The van der Waals surface area contributed by atoms with Gasteiger partial charge in [0.05, 0.1) is 23.4 Å². The Morgan fingerprint density at radius 1 is 1.11 bits per heavy atom. The topological polar surface area (TPSA) is 98.8 Å². The zero-order valence-corrected chi connectivity index (χ0v) is 16.3. The average Bonchev–Trinajstić information content (AvgIpc) is 2.59. The molecule has 1 amide bonds. The molecule has 0 atom stereocenters.